The highest BCUT2D eigenvalue weighted by atomic mass is 79.9. The van der Waals surface area contributed by atoms with E-state index in [0.29, 0.717) is 18.2 Å². The predicted octanol–water partition coefficient (Wildman–Crippen LogP) is 7.06. The molecule has 0 bridgehead atoms. The number of rotatable bonds is 10. The lowest BCUT2D eigenvalue weighted by Gasteiger charge is -2.16. The second kappa shape index (κ2) is 11.6. The molecular weight excluding hydrogens is 450 g/mol. The first-order valence-electron chi connectivity index (χ1n) is 10.4. The Balaban J connectivity index is 1.60. The summed E-state index contributed by atoms with van der Waals surface area (Å²) in [6, 6.07) is 11.9. The Morgan fingerprint density at radius 3 is 2.76 bits per heavy atom. The topological polar surface area (TPSA) is 30.5 Å². The summed E-state index contributed by atoms with van der Waals surface area (Å²) in [7, 11) is 0. The van der Waals surface area contributed by atoms with Gasteiger partial charge in [-0.25, -0.2) is 0 Å². The third kappa shape index (κ3) is 7.06. The highest BCUT2D eigenvalue weighted by Crippen LogP contribution is 2.37. The first-order chi connectivity index (χ1) is 14.2. The SMILES string of the molecule is CCOc1cc(CNCCC2=CCCCC2)cc(Br)c1OCc1cccc(Cl)c1. The Morgan fingerprint density at radius 1 is 1.10 bits per heavy atom. The van der Waals surface area contributed by atoms with Crippen LogP contribution < -0.4 is 14.8 Å². The highest BCUT2D eigenvalue weighted by molar-refractivity contribution is 9.10. The van der Waals surface area contributed by atoms with E-state index in [9.17, 15) is 0 Å². The molecule has 0 fully saturated rings. The van der Waals surface area contributed by atoms with Crippen molar-refractivity contribution in [2.24, 2.45) is 0 Å². The Labute approximate surface area is 187 Å². The Bertz CT molecular complexity index is 838. The van der Waals surface area contributed by atoms with Gasteiger partial charge in [0.05, 0.1) is 11.1 Å². The second-order valence-corrected chi connectivity index (χ2v) is 8.58. The summed E-state index contributed by atoms with van der Waals surface area (Å²) < 4.78 is 12.8. The van der Waals surface area contributed by atoms with E-state index in [0.717, 1.165) is 41.0 Å². The second-order valence-electron chi connectivity index (χ2n) is 7.29. The van der Waals surface area contributed by atoms with Gasteiger partial charge in [0.1, 0.15) is 6.61 Å². The van der Waals surface area contributed by atoms with Crippen molar-refractivity contribution in [2.45, 2.75) is 52.2 Å². The summed E-state index contributed by atoms with van der Waals surface area (Å²) in [6.07, 6.45) is 8.75. The molecule has 2 aromatic carbocycles. The lowest BCUT2D eigenvalue weighted by molar-refractivity contribution is 0.267. The third-order valence-electron chi connectivity index (χ3n) is 4.98. The van der Waals surface area contributed by atoms with Crippen molar-refractivity contribution in [1.82, 2.24) is 5.32 Å². The molecule has 2 aromatic rings. The molecule has 5 heteroatoms. The third-order valence-corrected chi connectivity index (χ3v) is 5.80. The zero-order chi connectivity index (χ0) is 20.5. The van der Waals surface area contributed by atoms with E-state index in [1.54, 1.807) is 5.57 Å². The van der Waals surface area contributed by atoms with Crippen molar-refractivity contribution >= 4 is 27.5 Å². The van der Waals surface area contributed by atoms with Gasteiger partial charge in [-0.1, -0.05) is 35.4 Å². The summed E-state index contributed by atoms with van der Waals surface area (Å²) in [6.45, 7) is 4.81. The van der Waals surface area contributed by atoms with Crippen molar-refractivity contribution in [1.29, 1.82) is 0 Å². The van der Waals surface area contributed by atoms with Crippen LogP contribution in [0.3, 0.4) is 0 Å². The summed E-state index contributed by atoms with van der Waals surface area (Å²) in [5.74, 6) is 1.48. The zero-order valence-corrected chi connectivity index (χ0v) is 19.3. The van der Waals surface area contributed by atoms with Gasteiger partial charge < -0.3 is 14.8 Å². The molecule has 0 aromatic heterocycles. The largest absolute Gasteiger partial charge is 0.490 e. The first kappa shape index (κ1) is 22.2. The normalized spacial score (nSPS) is 13.8. The van der Waals surface area contributed by atoms with Gasteiger partial charge in [-0.05, 0) is 96.9 Å². The van der Waals surface area contributed by atoms with E-state index >= 15 is 0 Å². The molecule has 0 atom stereocenters. The van der Waals surface area contributed by atoms with E-state index in [4.69, 9.17) is 21.1 Å². The molecule has 3 rings (SSSR count). The summed E-state index contributed by atoms with van der Waals surface area (Å²) in [5.41, 5.74) is 3.80. The van der Waals surface area contributed by atoms with Gasteiger partial charge in [-0.3, -0.25) is 0 Å². The molecule has 29 heavy (non-hydrogen) atoms. The van der Waals surface area contributed by atoms with Crippen LogP contribution in [0, 0.1) is 0 Å². The van der Waals surface area contributed by atoms with Crippen molar-refractivity contribution < 1.29 is 9.47 Å². The summed E-state index contributed by atoms with van der Waals surface area (Å²) in [4.78, 5) is 0. The van der Waals surface area contributed by atoms with Crippen molar-refractivity contribution in [3.63, 3.8) is 0 Å². The van der Waals surface area contributed by atoms with E-state index in [1.165, 1.54) is 31.2 Å². The van der Waals surface area contributed by atoms with E-state index in [1.807, 2.05) is 31.2 Å². The molecule has 1 aliphatic rings. The number of hydrogen-bond donors (Lipinski definition) is 1. The van der Waals surface area contributed by atoms with Crippen molar-refractivity contribution in [3.05, 3.63) is 68.7 Å². The standard InChI is InChI=1S/C24H29BrClNO2/c1-2-28-23-15-20(16-27-12-11-18-7-4-3-5-8-18)14-22(25)24(23)29-17-19-9-6-10-21(26)13-19/h6-7,9-10,13-15,27H,2-5,8,11-12,16-17H2,1H3. The minimum Gasteiger partial charge on any atom is -0.490 e. The summed E-state index contributed by atoms with van der Waals surface area (Å²) >= 11 is 9.73. The Kier molecular flexibility index (Phi) is 8.91. The molecule has 1 aliphatic carbocycles. The van der Waals surface area contributed by atoms with Gasteiger partial charge in [0.25, 0.3) is 0 Å². The van der Waals surface area contributed by atoms with E-state index in [2.05, 4.69) is 39.5 Å². The molecule has 0 radical (unpaired) electrons. The van der Waals surface area contributed by atoms with E-state index < -0.39 is 0 Å². The van der Waals surface area contributed by atoms with Crippen LogP contribution in [0.1, 0.15) is 50.2 Å². The number of halogens is 2. The highest BCUT2D eigenvalue weighted by Gasteiger charge is 2.13. The number of benzene rings is 2. The van der Waals surface area contributed by atoms with Gasteiger partial charge >= 0.3 is 0 Å². The molecule has 0 saturated carbocycles. The first-order valence-corrected chi connectivity index (χ1v) is 11.5. The van der Waals surface area contributed by atoms with Gasteiger partial charge in [-0.15, -0.1) is 0 Å². The molecule has 156 valence electrons. The molecule has 0 spiro atoms. The fourth-order valence-electron chi connectivity index (χ4n) is 3.52. The maximum Gasteiger partial charge on any atom is 0.175 e. The molecule has 0 aliphatic heterocycles. The molecule has 0 saturated heterocycles. The van der Waals surface area contributed by atoms with Crippen LogP contribution in [0.25, 0.3) is 0 Å². The van der Waals surface area contributed by atoms with Crippen molar-refractivity contribution in [2.75, 3.05) is 13.2 Å². The Morgan fingerprint density at radius 2 is 2.00 bits per heavy atom. The minimum absolute atomic E-state index is 0.436. The minimum atomic E-state index is 0.436. The molecule has 3 nitrogen and oxygen atoms in total. The predicted molar refractivity (Wildman–Crippen MR) is 124 cm³/mol. The van der Waals surface area contributed by atoms with Gasteiger partial charge in [-0.2, -0.15) is 0 Å². The average Bonchev–Trinajstić information content (AvgIpc) is 2.72. The molecule has 0 heterocycles. The monoisotopic (exact) mass is 477 g/mol. The molecule has 1 N–H and O–H groups in total. The number of allylic oxidation sites excluding steroid dienone is 1. The van der Waals surface area contributed by atoms with Crippen LogP contribution in [0.2, 0.25) is 5.02 Å². The fraction of sp³-hybridized carbons (Fsp3) is 0.417. The lowest BCUT2D eigenvalue weighted by Crippen LogP contribution is -2.16. The lowest BCUT2D eigenvalue weighted by atomic mass is 9.97. The van der Waals surface area contributed by atoms with E-state index in [-0.39, 0.29) is 0 Å². The van der Waals surface area contributed by atoms with Crippen LogP contribution in [-0.2, 0) is 13.2 Å². The number of nitrogens with one attached hydrogen (secondary N) is 1. The van der Waals surface area contributed by atoms with Crippen molar-refractivity contribution in [3.8, 4) is 11.5 Å². The maximum absolute atomic E-state index is 6.07. The van der Waals surface area contributed by atoms with Gasteiger partial charge in [0.2, 0.25) is 0 Å². The smallest absolute Gasteiger partial charge is 0.175 e. The average molecular weight is 479 g/mol. The number of hydrogen-bond acceptors (Lipinski definition) is 3. The zero-order valence-electron chi connectivity index (χ0n) is 17.0. The van der Waals surface area contributed by atoms with Crippen LogP contribution in [0.4, 0.5) is 0 Å². The Hall–Kier alpha value is -1.49. The van der Waals surface area contributed by atoms with Crippen LogP contribution in [0.15, 0.2) is 52.5 Å². The molecule has 0 amide bonds. The quantitative estimate of drug-likeness (QED) is 0.293. The molecule has 0 unspecified atom stereocenters. The van der Waals surface area contributed by atoms with Crippen LogP contribution >= 0.6 is 27.5 Å². The molecular formula is C24H29BrClNO2. The van der Waals surface area contributed by atoms with Gasteiger partial charge in [0.15, 0.2) is 11.5 Å². The van der Waals surface area contributed by atoms with Crippen LogP contribution in [0.5, 0.6) is 11.5 Å². The fourth-order valence-corrected chi connectivity index (χ4v) is 4.34. The summed E-state index contributed by atoms with van der Waals surface area (Å²) in [5, 5.41) is 4.27. The maximum atomic E-state index is 6.07. The number of ether oxygens (including phenoxy) is 2. The van der Waals surface area contributed by atoms with Gasteiger partial charge in [0, 0.05) is 11.6 Å². The van der Waals surface area contributed by atoms with Crippen LogP contribution in [-0.4, -0.2) is 13.2 Å².